The predicted octanol–water partition coefficient (Wildman–Crippen LogP) is 6.38. The van der Waals surface area contributed by atoms with Crippen molar-refractivity contribution in [1.82, 2.24) is 4.98 Å². The number of rotatable bonds is 0. The van der Waals surface area contributed by atoms with Crippen LogP contribution >= 0.6 is 8.07 Å². The summed E-state index contributed by atoms with van der Waals surface area (Å²) >= 11 is 0. The Morgan fingerprint density at radius 3 is 1.97 bits per heavy atom. The molecule has 3 heterocycles. The summed E-state index contributed by atoms with van der Waals surface area (Å²) in [4.78, 5) is 4.52. The lowest BCUT2D eigenvalue weighted by Crippen LogP contribution is -2.33. The highest BCUT2D eigenvalue weighted by molar-refractivity contribution is 7.75. The lowest BCUT2D eigenvalue weighted by atomic mass is 9.97. The monoisotopic (exact) mass is 400 g/mol. The van der Waals surface area contributed by atoms with Crippen molar-refractivity contribution in [3.63, 3.8) is 0 Å². The molecule has 2 aliphatic rings. The molecule has 0 saturated carbocycles. The Bertz CT molecular complexity index is 1470. The van der Waals surface area contributed by atoms with Crippen LogP contribution < -0.4 is 15.3 Å². The lowest BCUT2D eigenvalue weighted by molar-refractivity contribution is 1.28. The van der Waals surface area contributed by atoms with Gasteiger partial charge in [0.2, 0.25) is 0 Å². The third-order valence-electron chi connectivity index (χ3n) is 6.17. The van der Waals surface area contributed by atoms with E-state index in [0.717, 1.165) is 0 Å². The van der Waals surface area contributed by atoms with E-state index in [1.807, 2.05) is 12.4 Å². The second-order valence-corrected chi connectivity index (χ2v) is 9.75. The summed E-state index contributed by atoms with van der Waals surface area (Å²) in [5.74, 6) is 0. The van der Waals surface area contributed by atoms with Gasteiger partial charge in [0.25, 0.3) is 0 Å². The Labute approximate surface area is 176 Å². The van der Waals surface area contributed by atoms with Crippen LogP contribution in [0.1, 0.15) is 0 Å². The van der Waals surface area contributed by atoms with Crippen molar-refractivity contribution >= 4 is 40.8 Å². The van der Waals surface area contributed by atoms with Gasteiger partial charge in [-0.2, -0.15) is 0 Å². The van der Waals surface area contributed by atoms with E-state index in [0.29, 0.717) is 0 Å². The fraction of sp³-hybridized carbons (Fsp3) is 0. The van der Waals surface area contributed by atoms with Crippen molar-refractivity contribution in [2.24, 2.45) is 0 Å². The highest BCUT2D eigenvalue weighted by atomic mass is 31.1. The normalized spacial score (nSPS) is 15.6. The maximum Gasteiger partial charge on any atom is 0.0716 e. The van der Waals surface area contributed by atoms with Crippen molar-refractivity contribution < 1.29 is 0 Å². The maximum absolute atomic E-state index is 4.52. The number of aromatic nitrogens is 1. The molecule has 4 aromatic carbocycles. The Morgan fingerprint density at radius 2 is 1.20 bits per heavy atom. The van der Waals surface area contributed by atoms with Gasteiger partial charge in [0.15, 0.2) is 0 Å². The molecule has 0 radical (unpaired) electrons. The highest BCUT2D eigenvalue weighted by Gasteiger charge is 2.39. The first-order valence-corrected chi connectivity index (χ1v) is 11.5. The molecule has 140 valence electrons. The van der Waals surface area contributed by atoms with E-state index in [-0.39, 0.29) is 0 Å². The molecular formula is C27H17N2P. The molecule has 3 heteroatoms. The van der Waals surface area contributed by atoms with Gasteiger partial charge in [-0.25, -0.2) is 0 Å². The van der Waals surface area contributed by atoms with Crippen LogP contribution in [0.2, 0.25) is 0 Å². The number of benzene rings is 4. The molecule has 7 rings (SSSR count). The summed E-state index contributed by atoms with van der Waals surface area (Å²) < 4.78 is 2.56. The molecule has 0 amide bonds. The first-order valence-electron chi connectivity index (χ1n) is 10.2. The SMILES string of the molecule is c1ccc2c(c1)-c1ccncc1N1c3cc4ccccc4cc3-c3ccccc3P21. The molecule has 1 aromatic heterocycles. The van der Waals surface area contributed by atoms with Crippen LogP contribution in [0.25, 0.3) is 33.0 Å². The number of pyridine rings is 1. The predicted molar refractivity (Wildman–Crippen MR) is 127 cm³/mol. The van der Waals surface area contributed by atoms with Crippen LogP contribution in [0.3, 0.4) is 0 Å². The Hall–Kier alpha value is -3.48. The molecule has 0 fully saturated rings. The summed E-state index contributed by atoms with van der Waals surface area (Å²) in [6.45, 7) is 0. The van der Waals surface area contributed by atoms with Crippen LogP contribution in [0.4, 0.5) is 11.4 Å². The summed E-state index contributed by atoms with van der Waals surface area (Å²) in [7, 11) is -0.713. The molecule has 2 aliphatic heterocycles. The van der Waals surface area contributed by atoms with Gasteiger partial charge in [-0.3, -0.25) is 4.98 Å². The zero-order chi connectivity index (χ0) is 19.7. The fourth-order valence-electron chi connectivity index (χ4n) is 4.86. The largest absolute Gasteiger partial charge is 0.309 e. The standard InChI is InChI=1S/C27H17N2P/c1-2-8-19-16-24-23(15-18(19)7-1)22-10-4-6-12-27(22)30-26-11-5-3-9-21(26)20-13-14-28-17-25(20)29(24)30/h1-17H. The molecule has 0 N–H and O–H groups in total. The van der Waals surface area contributed by atoms with Gasteiger partial charge in [-0.15, -0.1) is 0 Å². The van der Waals surface area contributed by atoms with E-state index in [1.54, 1.807) is 0 Å². The first kappa shape index (κ1) is 16.3. The average molecular weight is 400 g/mol. The third kappa shape index (κ3) is 2.09. The number of nitrogens with zero attached hydrogens (tertiary/aromatic N) is 2. The number of hydrogen-bond donors (Lipinski definition) is 0. The second-order valence-electron chi connectivity index (χ2n) is 7.77. The van der Waals surface area contributed by atoms with Gasteiger partial charge in [0, 0.05) is 27.9 Å². The highest BCUT2D eigenvalue weighted by Crippen LogP contribution is 2.61. The molecule has 2 nitrogen and oxygen atoms in total. The van der Waals surface area contributed by atoms with Crippen LogP contribution in [-0.4, -0.2) is 4.98 Å². The molecule has 30 heavy (non-hydrogen) atoms. The van der Waals surface area contributed by atoms with Crippen LogP contribution in [-0.2, 0) is 0 Å². The van der Waals surface area contributed by atoms with Crippen molar-refractivity contribution in [3.8, 4) is 22.3 Å². The summed E-state index contributed by atoms with van der Waals surface area (Å²) in [6, 6.07) is 33.3. The topological polar surface area (TPSA) is 16.1 Å². The van der Waals surface area contributed by atoms with Gasteiger partial charge in [-0.05, 0) is 40.1 Å². The molecule has 1 atom stereocenters. The van der Waals surface area contributed by atoms with E-state index in [1.165, 1.54) is 55.0 Å². The smallest absolute Gasteiger partial charge is 0.0716 e. The molecular weight excluding hydrogens is 383 g/mol. The molecule has 0 bridgehead atoms. The van der Waals surface area contributed by atoms with Crippen molar-refractivity contribution in [1.29, 1.82) is 0 Å². The van der Waals surface area contributed by atoms with Crippen LogP contribution in [0, 0.1) is 0 Å². The number of hydrogen-bond acceptors (Lipinski definition) is 2. The molecule has 5 aromatic rings. The zero-order valence-electron chi connectivity index (χ0n) is 16.2. The van der Waals surface area contributed by atoms with E-state index in [4.69, 9.17) is 0 Å². The maximum atomic E-state index is 4.52. The summed E-state index contributed by atoms with van der Waals surface area (Å²) in [5, 5.41) is 5.38. The zero-order valence-corrected chi connectivity index (χ0v) is 17.1. The number of fused-ring (bicyclic) bond motifs is 12. The molecule has 0 spiro atoms. The first-order chi connectivity index (χ1) is 14.9. The van der Waals surface area contributed by atoms with E-state index in [2.05, 4.69) is 101 Å². The van der Waals surface area contributed by atoms with Crippen molar-refractivity contribution in [3.05, 3.63) is 103 Å². The van der Waals surface area contributed by atoms with Crippen molar-refractivity contribution in [2.75, 3.05) is 4.67 Å². The number of anilines is 2. The minimum atomic E-state index is -0.713. The van der Waals surface area contributed by atoms with E-state index < -0.39 is 8.07 Å². The van der Waals surface area contributed by atoms with E-state index in [9.17, 15) is 0 Å². The van der Waals surface area contributed by atoms with Gasteiger partial charge >= 0.3 is 0 Å². The van der Waals surface area contributed by atoms with Gasteiger partial charge < -0.3 is 4.67 Å². The van der Waals surface area contributed by atoms with Crippen molar-refractivity contribution in [2.45, 2.75) is 0 Å². The Balaban J connectivity index is 1.65. The van der Waals surface area contributed by atoms with Gasteiger partial charge in [0.05, 0.1) is 25.6 Å². The minimum Gasteiger partial charge on any atom is -0.309 e. The Kier molecular flexibility index (Phi) is 3.27. The van der Waals surface area contributed by atoms with Crippen LogP contribution in [0.15, 0.2) is 103 Å². The summed E-state index contributed by atoms with van der Waals surface area (Å²) in [5.41, 5.74) is 7.73. The summed E-state index contributed by atoms with van der Waals surface area (Å²) in [6.07, 6.45) is 3.94. The molecule has 1 unspecified atom stereocenters. The average Bonchev–Trinajstić information content (AvgIpc) is 2.82. The minimum absolute atomic E-state index is 0.713. The van der Waals surface area contributed by atoms with E-state index >= 15 is 0 Å². The van der Waals surface area contributed by atoms with Crippen LogP contribution in [0.5, 0.6) is 0 Å². The molecule has 0 aliphatic carbocycles. The molecule has 0 saturated heterocycles. The Morgan fingerprint density at radius 1 is 0.567 bits per heavy atom. The third-order valence-corrected chi connectivity index (χ3v) is 8.69. The fourth-order valence-corrected chi connectivity index (χ4v) is 7.61. The van der Waals surface area contributed by atoms with Gasteiger partial charge in [0.1, 0.15) is 0 Å². The lowest BCUT2D eigenvalue weighted by Gasteiger charge is -2.44. The second kappa shape index (κ2) is 6.01. The quantitative estimate of drug-likeness (QED) is 0.280. The van der Waals surface area contributed by atoms with Gasteiger partial charge in [-0.1, -0.05) is 72.8 Å².